The lowest BCUT2D eigenvalue weighted by atomic mass is 9.75. The average Bonchev–Trinajstić information content (AvgIpc) is 2.37. The Morgan fingerprint density at radius 2 is 1.48 bits per heavy atom. The lowest BCUT2D eigenvalue weighted by Crippen LogP contribution is -2.21. The highest BCUT2D eigenvalue weighted by atomic mass is 16.5. The molecule has 0 amide bonds. The Morgan fingerprint density at radius 1 is 0.952 bits per heavy atom. The zero-order chi connectivity index (χ0) is 16.3. The minimum atomic E-state index is -0.0857. The molecule has 1 rings (SSSR count). The maximum Gasteiger partial charge on any atom is 0.126 e. The van der Waals surface area contributed by atoms with E-state index in [1.54, 1.807) is 7.11 Å². The van der Waals surface area contributed by atoms with E-state index in [9.17, 15) is 5.11 Å². The predicted octanol–water partition coefficient (Wildman–Crippen LogP) is 5.56. The van der Waals surface area contributed by atoms with E-state index in [0.29, 0.717) is 5.75 Å². The molecule has 2 heteroatoms. The Balaban J connectivity index is 3.39. The Hall–Kier alpha value is -1.18. The van der Waals surface area contributed by atoms with Crippen LogP contribution in [0.2, 0.25) is 0 Å². The Labute approximate surface area is 130 Å². The molecule has 21 heavy (non-hydrogen) atoms. The van der Waals surface area contributed by atoms with Gasteiger partial charge in [0.1, 0.15) is 11.5 Å². The number of phenols is 1. The second kappa shape index (κ2) is 6.72. The van der Waals surface area contributed by atoms with E-state index >= 15 is 0 Å². The molecule has 0 spiro atoms. The topological polar surface area (TPSA) is 29.5 Å². The molecule has 0 aliphatic rings. The van der Waals surface area contributed by atoms with Crippen molar-refractivity contribution in [3.8, 4) is 11.5 Å². The van der Waals surface area contributed by atoms with Gasteiger partial charge in [0.25, 0.3) is 0 Å². The smallest absolute Gasteiger partial charge is 0.126 e. The van der Waals surface area contributed by atoms with Crippen LogP contribution in [0.25, 0.3) is 0 Å². The Kier molecular flexibility index (Phi) is 5.72. The van der Waals surface area contributed by atoms with Gasteiger partial charge in [0.15, 0.2) is 0 Å². The molecule has 0 fully saturated rings. The molecule has 120 valence electrons. The van der Waals surface area contributed by atoms with Crippen molar-refractivity contribution >= 4 is 0 Å². The number of methoxy groups -OCH3 is 1. The normalized spacial score (nSPS) is 12.5. The highest BCUT2D eigenvalue weighted by Crippen LogP contribution is 2.44. The number of rotatable bonds is 7. The van der Waals surface area contributed by atoms with E-state index < -0.39 is 0 Å². The van der Waals surface area contributed by atoms with Crippen molar-refractivity contribution in [1.29, 1.82) is 0 Å². The molecule has 0 aliphatic carbocycles. The average molecular weight is 292 g/mol. The Morgan fingerprint density at radius 3 is 1.95 bits per heavy atom. The molecular weight excluding hydrogens is 260 g/mol. The van der Waals surface area contributed by atoms with Crippen LogP contribution < -0.4 is 4.74 Å². The van der Waals surface area contributed by atoms with Crippen LogP contribution in [0.1, 0.15) is 78.4 Å². The fraction of sp³-hybridized carbons (Fsp3) is 0.684. The first kappa shape index (κ1) is 17.9. The summed E-state index contributed by atoms with van der Waals surface area (Å²) in [6.07, 6.45) is 4.32. The summed E-state index contributed by atoms with van der Waals surface area (Å²) >= 11 is 0. The fourth-order valence-electron chi connectivity index (χ4n) is 3.35. The molecule has 0 atom stereocenters. The molecule has 1 N–H and O–H groups in total. The monoisotopic (exact) mass is 292 g/mol. The zero-order valence-corrected chi connectivity index (χ0v) is 14.8. The van der Waals surface area contributed by atoms with E-state index in [2.05, 4.69) is 47.6 Å². The molecule has 1 aromatic carbocycles. The van der Waals surface area contributed by atoms with E-state index in [1.807, 2.05) is 6.07 Å². The summed E-state index contributed by atoms with van der Waals surface area (Å²) in [5.74, 6) is 1.18. The third kappa shape index (κ3) is 3.93. The number of ether oxygens (including phenoxy) is 1. The molecule has 1 aromatic rings. The zero-order valence-electron chi connectivity index (χ0n) is 14.8. The van der Waals surface area contributed by atoms with Crippen LogP contribution in [0, 0.1) is 0 Å². The van der Waals surface area contributed by atoms with Crippen LogP contribution in [0.15, 0.2) is 12.1 Å². The SMILES string of the molecule is CCCC(C)(C)c1cc(O)c(C(C)(C)CCC)c(OC)c1. The van der Waals surface area contributed by atoms with Crippen molar-refractivity contribution in [3.05, 3.63) is 23.3 Å². The number of benzene rings is 1. The van der Waals surface area contributed by atoms with Gasteiger partial charge in [-0.2, -0.15) is 0 Å². The third-order valence-corrected chi connectivity index (χ3v) is 4.51. The van der Waals surface area contributed by atoms with Gasteiger partial charge in [0.05, 0.1) is 7.11 Å². The standard InChI is InChI=1S/C19H32O2/c1-8-10-18(3,4)14-12-15(20)17(16(13-14)21-7)19(5,6)11-9-2/h12-13,20H,8-11H2,1-7H3. The molecule has 0 saturated heterocycles. The van der Waals surface area contributed by atoms with E-state index in [0.717, 1.165) is 42.6 Å². The molecule has 0 bridgehead atoms. The van der Waals surface area contributed by atoms with Gasteiger partial charge in [-0.1, -0.05) is 54.4 Å². The molecule has 0 heterocycles. The van der Waals surface area contributed by atoms with E-state index in [1.165, 1.54) is 0 Å². The maximum atomic E-state index is 10.6. The number of phenolic OH excluding ortho intramolecular Hbond substituents is 1. The number of hydrogen-bond donors (Lipinski definition) is 1. The quantitative estimate of drug-likeness (QED) is 0.713. The fourth-order valence-corrected chi connectivity index (χ4v) is 3.35. The van der Waals surface area contributed by atoms with Crippen LogP contribution >= 0.6 is 0 Å². The maximum absolute atomic E-state index is 10.6. The lowest BCUT2D eigenvalue weighted by Gasteiger charge is -2.31. The third-order valence-electron chi connectivity index (χ3n) is 4.51. The van der Waals surface area contributed by atoms with E-state index in [-0.39, 0.29) is 10.8 Å². The highest BCUT2D eigenvalue weighted by molar-refractivity contribution is 5.52. The molecule has 0 aliphatic heterocycles. The van der Waals surface area contributed by atoms with Crippen LogP contribution in [0.4, 0.5) is 0 Å². The molecule has 0 saturated carbocycles. The van der Waals surface area contributed by atoms with Crippen LogP contribution in [0.5, 0.6) is 11.5 Å². The van der Waals surface area contributed by atoms with Crippen molar-refractivity contribution in [2.45, 2.75) is 78.1 Å². The van der Waals surface area contributed by atoms with Gasteiger partial charge in [-0.05, 0) is 41.4 Å². The first-order valence-corrected chi connectivity index (χ1v) is 8.11. The minimum Gasteiger partial charge on any atom is -0.507 e. The molecular formula is C19H32O2. The van der Waals surface area contributed by atoms with Gasteiger partial charge in [0, 0.05) is 5.56 Å². The summed E-state index contributed by atoms with van der Waals surface area (Å²) in [4.78, 5) is 0. The second-order valence-corrected chi connectivity index (χ2v) is 7.34. The molecule has 0 radical (unpaired) electrons. The van der Waals surface area contributed by atoms with Crippen molar-refractivity contribution in [1.82, 2.24) is 0 Å². The van der Waals surface area contributed by atoms with Gasteiger partial charge in [-0.15, -0.1) is 0 Å². The molecule has 0 unspecified atom stereocenters. The number of aromatic hydroxyl groups is 1. The summed E-state index contributed by atoms with van der Waals surface area (Å²) in [6, 6.07) is 4.05. The van der Waals surface area contributed by atoms with Crippen LogP contribution in [-0.2, 0) is 10.8 Å². The minimum absolute atomic E-state index is 0.0486. The number of hydrogen-bond acceptors (Lipinski definition) is 2. The first-order chi connectivity index (χ1) is 9.69. The predicted molar refractivity (Wildman–Crippen MR) is 90.5 cm³/mol. The highest BCUT2D eigenvalue weighted by Gasteiger charge is 2.30. The van der Waals surface area contributed by atoms with Crippen LogP contribution in [0.3, 0.4) is 0 Å². The van der Waals surface area contributed by atoms with Gasteiger partial charge < -0.3 is 9.84 Å². The summed E-state index contributed by atoms with van der Waals surface area (Å²) in [5.41, 5.74) is 2.04. The van der Waals surface area contributed by atoms with Crippen molar-refractivity contribution < 1.29 is 9.84 Å². The Bertz CT molecular complexity index is 473. The second-order valence-electron chi connectivity index (χ2n) is 7.34. The first-order valence-electron chi connectivity index (χ1n) is 8.11. The summed E-state index contributed by atoms with van der Waals surface area (Å²) in [5, 5.41) is 10.6. The van der Waals surface area contributed by atoms with Gasteiger partial charge in [-0.3, -0.25) is 0 Å². The van der Waals surface area contributed by atoms with Crippen molar-refractivity contribution in [3.63, 3.8) is 0 Å². The molecule has 0 aromatic heterocycles. The largest absolute Gasteiger partial charge is 0.507 e. The molecule has 2 nitrogen and oxygen atoms in total. The summed E-state index contributed by atoms with van der Waals surface area (Å²) in [6.45, 7) is 13.2. The van der Waals surface area contributed by atoms with Gasteiger partial charge in [0.2, 0.25) is 0 Å². The van der Waals surface area contributed by atoms with Crippen molar-refractivity contribution in [2.75, 3.05) is 7.11 Å². The van der Waals surface area contributed by atoms with Gasteiger partial charge >= 0.3 is 0 Å². The lowest BCUT2D eigenvalue weighted by molar-refractivity contribution is 0.361. The summed E-state index contributed by atoms with van der Waals surface area (Å²) in [7, 11) is 1.69. The van der Waals surface area contributed by atoms with Gasteiger partial charge in [-0.25, -0.2) is 0 Å². The summed E-state index contributed by atoms with van der Waals surface area (Å²) < 4.78 is 5.61. The van der Waals surface area contributed by atoms with Crippen LogP contribution in [-0.4, -0.2) is 12.2 Å². The van der Waals surface area contributed by atoms with Crippen molar-refractivity contribution in [2.24, 2.45) is 0 Å². The van der Waals surface area contributed by atoms with E-state index in [4.69, 9.17) is 4.74 Å².